The second kappa shape index (κ2) is 6.73. The molecule has 1 aliphatic rings. The van der Waals surface area contributed by atoms with Crippen LogP contribution in [0.4, 0.5) is 0 Å². The lowest BCUT2D eigenvalue weighted by Gasteiger charge is -2.30. The Labute approximate surface area is 129 Å². The Hall–Kier alpha value is -1.17. The average molecular weight is 309 g/mol. The molecule has 1 fully saturated rings. The molecule has 3 heterocycles. The molecule has 1 unspecified atom stereocenters. The van der Waals surface area contributed by atoms with E-state index < -0.39 is 0 Å². The molecule has 5 nitrogen and oxygen atoms in total. The van der Waals surface area contributed by atoms with Gasteiger partial charge < -0.3 is 9.30 Å². The van der Waals surface area contributed by atoms with Gasteiger partial charge >= 0.3 is 0 Å². The molecule has 1 atom stereocenters. The smallest absolute Gasteiger partial charge is 0.111 e. The van der Waals surface area contributed by atoms with Gasteiger partial charge in [0.05, 0.1) is 24.9 Å². The van der Waals surface area contributed by atoms with Crippen LogP contribution in [0.25, 0.3) is 11.0 Å². The van der Waals surface area contributed by atoms with E-state index in [4.69, 9.17) is 16.3 Å². The molecule has 0 bridgehead atoms. The van der Waals surface area contributed by atoms with Gasteiger partial charge in [0.2, 0.25) is 0 Å². The Morgan fingerprint density at radius 3 is 2.95 bits per heavy atom. The topological polar surface area (TPSA) is 43.2 Å². The SMILES string of the molecule is CC(CN1CCOCC1)n1c(CCCl)nc2cnccc21. The zero-order valence-corrected chi connectivity index (χ0v) is 13.1. The fraction of sp³-hybridized carbons (Fsp3) is 0.600. The van der Waals surface area contributed by atoms with Crippen molar-refractivity contribution >= 4 is 22.6 Å². The van der Waals surface area contributed by atoms with Crippen molar-refractivity contribution in [3.63, 3.8) is 0 Å². The lowest BCUT2D eigenvalue weighted by atomic mass is 10.2. The molecule has 0 amide bonds. The van der Waals surface area contributed by atoms with Crippen molar-refractivity contribution < 1.29 is 4.74 Å². The normalized spacial score (nSPS) is 18.2. The Morgan fingerprint density at radius 2 is 2.19 bits per heavy atom. The second-order valence-corrected chi connectivity index (χ2v) is 5.84. The predicted molar refractivity (Wildman–Crippen MR) is 83.9 cm³/mol. The van der Waals surface area contributed by atoms with Gasteiger partial charge in [-0.2, -0.15) is 0 Å². The molecular weight excluding hydrogens is 288 g/mol. The first-order chi connectivity index (χ1) is 10.3. The predicted octanol–water partition coefficient (Wildman–Crippen LogP) is 2.11. The fourth-order valence-corrected chi connectivity index (χ4v) is 3.16. The molecule has 1 saturated heterocycles. The van der Waals surface area contributed by atoms with E-state index in [1.165, 1.54) is 0 Å². The number of halogens is 1. The first-order valence-corrected chi connectivity index (χ1v) is 8.00. The van der Waals surface area contributed by atoms with Crippen LogP contribution in [-0.2, 0) is 11.2 Å². The van der Waals surface area contributed by atoms with Crippen molar-refractivity contribution in [2.24, 2.45) is 0 Å². The monoisotopic (exact) mass is 308 g/mol. The van der Waals surface area contributed by atoms with Gasteiger partial charge in [0.1, 0.15) is 11.3 Å². The summed E-state index contributed by atoms with van der Waals surface area (Å²) in [6.07, 6.45) is 4.43. The third kappa shape index (κ3) is 3.20. The molecule has 114 valence electrons. The number of fused-ring (bicyclic) bond motifs is 1. The maximum atomic E-state index is 5.94. The van der Waals surface area contributed by atoms with Gasteiger partial charge in [-0.05, 0) is 13.0 Å². The molecule has 0 saturated carbocycles. The molecule has 21 heavy (non-hydrogen) atoms. The van der Waals surface area contributed by atoms with Crippen LogP contribution in [0.2, 0.25) is 0 Å². The number of pyridine rings is 1. The van der Waals surface area contributed by atoms with Crippen molar-refractivity contribution in [3.8, 4) is 0 Å². The van der Waals surface area contributed by atoms with E-state index in [2.05, 4.69) is 26.4 Å². The summed E-state index contributed by atoms with van der Waals surface area (Å²) in [6.45, 7) is 6.92. The van der Waals surface area contributed by atoms with Gasteiger partial charge in [0.25, 0.3) is 0 Å². The number of ether oxygens (including phenoxy) is 1. The standard InChI is InChI=1S/C15H21ClN4O/c1-12(11-19-6-8-21-9-7-19)20-14-3-5-17-10-13(14)18-15(20)2-4-16/h3,5,10,12H,2,4,6-9,11H2,1H3. The molecule has 2 aromatic heterocycles. The summed E-state index contributed by atoms with van der Waals surface area (Å²) in [5, 5.41) is 0. The number of imidazole rings is 1. The summed E-state index contributed by atoms with van der Waals surface area (Å²) in [6, 6.07) is 2.39. The van der Waals surface area contributed by atoms with Crippen molar-refractivity contribution in [2.45, 2.75) is 19.4 Å². The first kappa shape index (κ1) is 14.8. The minimum absolute atomic E-state index is 0.355. The minimum atomic E-state index is 0.355. The third-order valence-corrected chi connectivity index (χ3v) is 4.14. The summed E-state index contributed by atoms with van der Waals surface area (Å²) in [4.78, 5) is 11.3. The molecule has 0 radical (unpaired) electrons. The Balaban J connectivity index is 1.87. The highest BCUT2D eigenvalue weighted by Gasteiger charge is 2.19. The highest BCUT2D eigenvalue weighted by Crippen LogP contribution is 2.22. The lowest BCUT2D eigenvalue weighted by Crippen LogP contribution is -2.39. The van der Waals surface area contributed by atoms with Crippen molar-refractivity contribution in [3.05, 3.63) is 24.3 Å². The number of aromatic nitrogens is 3. The first-order valence-electron chi connectivity index (χ1n) is 7.46. The summed E-state index contributed by atoms with van der Waals surface area (Å²) >= 11 is 5.94. The minimum Gasteiger partial charge on any atom is -0.379 e. The molecule has 3 rings (SSSR count). The summed E-state index contributed by atoms with van der Waals surface area (Å²) in [5.41, 5.74) is 2.09. The van der Waals surface area contributed by atoms with Crippen LogP contribution >= 0.6 is 11.6 Å². The zero-order chi connectivity index (χ0) is 14.7. The summed E-state index contributed by atoms with van der Waals surface area (Å²) < 4.78 is 7.73. The number of hydrogen-bond acceptors (Lipinski definition) is 4. The molecule has 0 aromatic carbocycles. The van der Waals surface area contributed by atoms with E-state index in [-0.39, 0.29) is 0 Å². The van der Waals surface area contributed by atoms with Gasteiger partial charge in [-0.25, -0.2) is 4.98 Å². The van der Waals surface area contributed by atoms with Crippen LogP contribution < -0.4 is 0 Å². The van der Waals surface area contributed by atoms with Gasteiger partial charge in [0.15, 0.2) is 0 Å². The maximum absolute atomic E-state index is 5.94. The molecule has 1 aliphatic heterocycles. The Kier molecular flexibility index (Phi) is 4.73. The van der Waals surface area contributed by atoms with E-state index >= 15 is 0 Å². The van der Waals surface area contributed by atoms with Gasteiger partial charge in [-0.3, -0.25) is 9.88 Å². The number of alkyl halides is 1. The molecular formula is C15H21ClN4O. The number of nitrogens with zero attached hydrogens (tertiary/aromatic N) is 4. The second-order valence-electron chi connectivity index (χ2n) is 5.46. The van der Waals surface area contributed by atoms with Crippen LogP contribution in [-0.4, -0.2) is 58.2 Å². The number of aryl methyl sites for hydroxylation is 1. The highest BCUT2D eigenvalue weighted by molar-refractivity contribution is 6.17. The van der Waals surface area contributed by atoms with Crippen LogP contribution in [0.15, 0.2) is 18.5 Å². The number of rotatable bonds is 5. The quantitative estimate of drug-likeness (QED) is 0.794. The molecule has 2 aromatic rings. The van der Waals surface area contributed by atoms with Crippen LogP contribution in [0, 0.1) is 0 Å². The number of hydrogen-bond donors (Lipinski definition) is 0. The molecule has 0 aliphatic carbocycles. The van der Waals surface area contributed by atoms with E-state index in [1.54, 1.807) is 0 Å². The zero-order valence-electron chi connectivity index (χ0n) is 12.3. The number of morpholine rings is 1. The average Bonchev–Trinajstić information content (AvgIpc) is 2.86. The summed E-state index contributed by atoms with van der Waals surface area (Å²) in [5.74, 6) is 1.63. The van der Waals surface area contributed by atoms with Crippen molar-refractivity contribution in [1.29, 1.82) is 0 Å². The van der Waals surface area contributed by atoms with Crippen LogP contribution in [0.1, 0.15) is 18.8 Å². The van der Waals surface area contributed by atoms with Gasteiger partial charge in [-0.1, -0.05) is 0 Å². The van der Waals surface area contributed by atoms with E-state index in [0.29, 0.717) is 11.9 Å². The van der Waals surface area contributed by atoms with Gasteiger partial charge in [-0.15, -0.1) is 11.6 Å². The van der Waals surface area contributed by atoms with E-state index in [9.17, 15) is 0 Å². The van der Waals surface area contributed by atoms with Crippen LogP contribution in [0.5, 0.6) is 0 Å². The molecule has 0 N–H and O–H groups in total. The highest BCUT2D eigenvalue weighted by atomic mass is 35.5. The van der Waals surface area contributed by atoms with E-state index in [0.717, 1.165) is 56.1 Å². The maximum Gasteiger partial charge on any atom is 0.111 e. The van der Waals surface area contributed by atoms with E-state index in [1.807, 2.05) is 18.5 Å². The lowest BCUT2D eigenvalue weighted by molar-refractivity contribution is 0.0326. The molecule has 0 spiro atoms. The van der Waals surface area contributed by atoms with Gasteiger partial charge in [0, 0.05) is 44.2 Å². The molecule has 6 heteroatoms. The van der Waals surface area contributed by atoms with Crippen molar-refractivity contribution in [2.75, 3.05) is 38.7 Å². The fourth-order valence-electron chi connectivity index (χ4n) is 2.99. The summed E-state index contributed by atoms with van der Waals surface area (Å²) in [7, 11) is 0. The van der Waals surface area contributed by atoms with Crippen LogP contribution in [0.3, 0.4) is 0 Å². The van der Waals surface area contributed by atoms with Crippen molar-refractivity contribution in [1.82, 2.24) is 19.4 Å². The Bertz CT molecular complexity index is 594. The largest absolute Gasteiger partial charge is 0.379 e. The third-order valence-electron chi connectivity index (χ3n) is 3.95. The Morgan fingerprint density at radius 1 is 1.38 bits per heavy atom.